The lowest BCUT2D eigenvalue weighted by atomic mass is 9.74. The van der Waals surface area contributed by atoms with Crippen LogP contribution in [0.3, 0.4) is 0 Å². The molecule has 2 saturated carbocycles. The molecule has 0 aromatic heterocycles. The molecule has 0 aromatic carbocycles. The van der Waals surface area contributed by atoms with Crippen LogP contribution in [0, 0.1) is 29.6 Å². The van der Waals surface area contributed by atoms with Crippen LogP contribution >= 0.6 is 22.6 Å². The van der Waals surface area contributed by atoms with E-state index in [2.05, 4.69) is 27.3 Å². The van der Waals surface area contributed by atoms with Crippen LogP contribution in [0.4, 0.5) is 13.2 Å². The fourth-order valence-corrected chi connectivity index (χ4v) is 4.88. The smallest absolute Gasteiger partial charge is 0.425 e. The summed E-state index contributed by atoms with van der Waals surface area (Å²) in [5.74, 6) is -1.48. The summed E-state index contributed by atoms with van der Waals surface area (Å²) in [6, 6.07) is 0. The third-order valence-electron chi connectivity index (χ3n) is 4.87. The highest BCUT2D eigenvalue weighted by molar-refractivity contribution is 14.1. The molecule has 2 fully saturated rings. The van der Waals surface area contributed by atoms with Crippen LogP contribution in [0.5, 0.6) is 0 Å². The standard InChI is InChI=1S/C13H18F3IO3/c1-5-7-3-8(11(5)18)9(4-17)10(7)12(19)20-6(2)13(14,15)16/h5-11,18H,3-4H2,1-2H3. The van der Waals surface area contributed by atoms with Gasteiger partial charge in [0.1, 0.15) is 0 Å². The number of alkyl halides is 4. The molecule has 7 heteroatoms. The van der Waals surface area contributed by atoms with E-state index in [0.717, 1.165) is 6.92 Å². The summed E-state index contributed by atoms with van der Waals surface area (Å²) in [7, 11) is 0. The number of halogens is 4. The minimum Gasteiger partial charge on any atom is -0.453 e. The van der Waals surface area contributed by atoms with Crippen molar-refractivity contribution in [2.45, 2.75) is 38.7 Å². The lowest BCUT2D eigenvalue weighted by Crippen LogP contribution is -2.44. The van der Waals surface area contributed by atoms with Crippen LogP contribution in [-0.4, -0.2) is 33.9 Å². The molecule has 3 nitrogen and oxygen atoms in total. The number of fused-ring (bicyclic) bond motifs is 2. The molecule has 0 spiro atoms. The summed E-state index contributed by atoms with van der Waals surface area (Å²) in [6.07, 6.45) is -6.36. The van der Waals surface area contributed by atoms with Gasteiger partial charge >= 0.3 is 12.1 Å². The summed E-state index contributed by atoms with van der Waals surface area (Å²) >= 11 is 2.12. The molecule has 2 rings (SSSR count). The third kappa shape index (κ3) is 2.67. The van der Waals surface area contributed by atoms with Crippen molar-refractivity contribution in [1.29, 1.82) is 0 Å². The van der Waals surface area contributed by atoms with Gasteiger partial charge in [-0.25, -0.2) is 0 Å². The number of aliphatic hydroxyl groups excluding tert-OH is 1. The molecule has 0 heterocycles. The molecule has 0 amide bonds. The first-order chi connectivity index (χ1) is 9.18. The lowest BCUT2D eigenvalue weighted by molar-refractivity contribution is -0.220. The van der Waals surface area contributed by atoms with Gasteiger partial charge in [0.2, 0.25) is 0 Å². The van der Waals surface area contributed by atoms with E-state index in [-0.39, 0.29) is 23.7 Å². The quantitative estimate of drug-likeness (QED) is 0.446. The van der Waals surface area contributed by atoms with Crippen molar-refractivity contribution in [1.82, 2.24) is 0 Å². The molecule has 0 radical (unpaired) electrons. The van der Waals surface area contributed by atoms with Gasteiger partial charge in [-0.05, 0) is 37.0 Å². The Morgan fingerprint density at radius 1 is 1.45 bits per heavy atom. The predicted molar refractivity (Wildman–Crippen MR) is 74.2 cm³/mol. The Morgan fingerprint density at radius 3 is 2.55 bits per heavy atom. The molecule has 0 aliphatic heterocycles. The van der Waals surface area contributed by atoms with Crippen molar-refractivity contribution in [2.24, 2.45) is 29.6 Å². The van der Waals surface area contributed by atoms with Gasteiger partial charge in [0.15, 0.2) is 6.10 Å². The molecule has 20 heavy (non-hydrogen) atoms. The monoisotopic (exact) mass is 406 g/mol. The largest absolute Gasteiger partial charge is 0.453 e. The van der Waals surface area contributed by atoms with Crippen molar-refractivity contribution in [3.05, 3.63) is 0 Å². The predicted octanol–water partition coefficient (Wildman–Crippen LogP) is 2.79. The van der Waals surface area contributed by atoms with E-state index in [1.165, 1.54) is 0 Å². The number of ether oxygens (including phenoxy) is 1. The first-order valence-electron chi connectivity index (χ1n) is 6.69. The Balaban J connectivity index is 2.10. The second-order valence-electron chi connectivity index (χ2n) is 5.88. The molecule has 7 atom stereocenters. The molecular formula is C13H18F3IO3. The van der Waals surface area contributed by atoms with Crippen LogP contribution < -0.4 is 0 Å². The maximum atomic E-state index is 12.5. The van der Waals surface area contributed by atoms with Crippen LogP contribution in [-0.2, 0) is 9.53 Å². The van der Waals surface area contributed by atoms with E-state index in [9.17, 15) is 23.1 Å². The number of carbonyl (C=O) groups is 1. The van der Waals surface area contributed by atoms with Crippen molar-refractivity contribution >= 4 is 28.6 Å². The Kier molecular flexibility index (Phi) is 4.59. The molecule has 0 saturated heterocycles. The van der Waals surface area contributed by atoms with Crippen molar-refractivity contribution in [3.8, 4) is 0 Å². The number of hydrogen-bond acceptors (Lipinski definition) is 3. The van der Waals surface area contributed by atoms with E-state index in [1.807, 2.05) is 6.92 Å². The van der Waals surface area contributed by atoms with Gasteiger partial charge in [-0.2, -0.15) is 13.2 Å². The van der Waals surface area contributed by atoms with Gasteiger partial charge in [0, 0.05) is 4.43 Å². The highest BCUT2D eigenvalue weighted by Gasteiger charge is 2.59. The number of carbonyl (C=O) groups excluding carboxylic acids is 1. The zero-order chi connectivity index (χ0) is 15.2. The van der Waals surface area contributed by atoms with Gasteiger partial charge in [-0.1, -0.05) is 29.5 Å². The number of hydrogen-bond donors (Lipinski definition) is 1. The fraction of sp³-hybridized carbons (Fsp3) is 0.923. The van der Waals surface area contributed by atoms with Crippen molar-refractivity contribution < 1.29 is 27.8 Å². The third-order valence-corrected chi connectivity index (χ3v) is 5.89. The average Bonchev–Trinajstić information content (AvgIpc) is 2.85. The molecule has 0 aromatic rings. The van der Waals surface area contributed by atoms with E-state index in [0.29, 0.717) is 10.8 Å². The lowest BCUT2D eigenvalue weighted by Gasteiger charge is -2.36. The maximum Gasteiger partial charge on any atom is 0.425 e. The topological polar surface area (TPSA) is 46.5 Å². The van der Waals surface area contributed by atoms with E-state index in [1.54, 1.807) is 0 Å². The number of rotatable bonds is 3. The van der Waals surface area contributed by atoms with Crippen LogP contribution in [0.15, 0.2) is 0 Å². The molecular weight excluding hydrogens is 388 g/mol. The van der Waals surface area contributed by atoms with E-state index < -0.39 is 30.3 Å². The molecule has 7 unspecified atom stereocenters. The minimum absolute atomic E-state index is 0.00522. The van der Waals surface area contributed by atoms with E-state index >= 15 is 0 Å². The van der Waals surface area contributed by atoms with Crippen LogP contribution in [0.2, 0.25) is 0 Å². The maximum absolute atomic E-state index is 12.5. The Hall–Kier alpha value is -0.0500. The summed E-state index contributed by atoms with van der Waals surface area (Å²) in [4.78, 5) is 12.1. The van der Waals surface area contributed by atoms with Crippen molar-refractivity contribution in [3.63, 3.8) is 0 Å². The Morgan fingerprint density at radius 2 is 2.05 bits per heavy atom. The van der Waals surface area contributed by atoms with Crippen molar-refractivity contribution in [2.75, 3.05) is 4.43 Å². The minimum atomic E-state index is -4.53. The van der Waals surface area contributed by atoms with E-state index in [4.69, 9.17) is 0 Å². The Bertz CT molecular complexity index is 386. The normalized spacial score (nSPS) is 41.8. The molecule has 116 valence electrons. The average molecular weight is 406 g/mol. The van der Waals surface area contributed by atoms with Gasteiger partial charge in [-0.3, -0.25) is 4.79 Å². The number of aliphatic hydroxyl groups is 1. The summed E-state index contributed by atoms with van der Waals surface area (Å²) in [5.41, 5.74) is 0. The highest BCUT2D eigenvalue weighted by atomic mass is 127. The highest BCUT2D eigenvalue weighted by Crippen LogP contribution is 2.56. The molecule has 2 bridgehead atoms. The first-order valence-corrected chi connectivity index (χ1v) is 8.22. The molecule has 1 N–H and O–H groups in total. The summed E-state index contributed by atoms with van der Waals surface area (Å²) < 4.78 is 42.7. The zero-order valence-corrected chi connectivity index (χ0v) is 13.4. The van der Waals surface area contributed by atoms with Gasteiger partial charge in [-0.15, -0.1) is 0 Å². The van der Waals surface area contributed by atoms with Gasteiger partial charge in [0.05, 0.1) is 12.0 Å². The first kappa shape index (κ1) is 16.3. The summed E-state index contributed by atoms with van der Waals surface area (Å²) in [6.45, 7) is 2.70. The number of esters is 1. The van der Waals surface area contributed by atoms with Gasteiger partial charge in [0.25, 0.3) is 0 Å². The SMILES string of the molecule is CC1C(O)C2CC1C(C(=O)OC(C)C(F)(F)F)C2CI. The fourth-order valence-electron chi connectivity index (χ4n) is 3.68. The van der Waals surface area contributed by atoms with Crippen LogP contribution in [0.1, 0.15) is 20.3 Å². The van der Waals surface area contributed by atoms with Crippen LogP contribution in [0.25, 0.3) is 0 Å². The zero-order valence-electron chi connectivity index (χ0n) is 11.2. The van der Waals surface area contributed by atoms with Gasteiger partial charge < -0.3 is 9.84 Å². The second-order valence-corrected chi connectivity index (χ2v) is 6.76. The molecule has 2 aliphatic carbocycles. The molecule has 2 aliphatic rings. The Labute approximate surface area is 129 Å². The summed E-state index contributed by atoms with van der Waals surface area (Å²) in [5, 5.41) is 10.1. The second kappa shape index (κ2) is 5.62.